The summed E-state index contributed by atoms with van der Waals surface area (Å²) in [5.41, 5.74) is 3.24. The van der Waals surface area contributed by atoms with Crippen LogP contribution in [0.1, 0.15) is 21.5 Å². The van der Waals surface area contributed by atoms with Crippen molar-refractivity contribution in [2.24, 2.45) is 0 Å². The molecule has 0 bridgehead atoms. The second-order valence-corrected chi connectivity index (χ2v) is 5.28. The summed E-state index contributed by atoms with van der Waals surface area (Å²) in [6, 6.07) is 12.6. The van der Waals surface area contributed by atoms with Gasteiger partial charge in [0.05, 0.1) is 13.7 Å². The molecule has 120 valence electrons. The summed E-state index contributed by atoms with van der Waals surface area (Å²) in [7, 11) is 1.54. The molecule has 0 aromatic heterocycles. The molecule has 0 aliphatic rings. The summed E-state index contributed by atoms with van der Waals surface area (Å²) in [5.74, 6) is 0.00690. The zero-order valence-electron chi connectivity index (χ0n) is 13.5. The lowest BCUT2D eigenvalue weighted by Gasteiger charge is -2.10. The Kier molecular flexibility index (Phi) is 5.36. The summed E-state index contributed by atoms with van der Waals surface area (Å²) in [4.78, 5) is 24.0. The fourth-order valence-electron chi connectivity index (χ4n) is 2.09. The number of carbonyl (C=O) groups is 2. The van der Waals surface area contributed by atoms with Crippen LogP contribution in [-0.4, -0.2) is 25.5 Å². The van der Waals surface area contributed by atoms with E-state index in [9.17, 15) is 9.59 Å². The number of hydrogen-bond donors (Lipinski definition) is 2. The van der Waals surface area contributed by atoms with E-state index >= 15 is 0 Å². The third-order valence-electron chi connectivity index (χ3n) is 3.41. The molecule has 2 N–H and O–H groups in total. The van der Waals surface area contributed by atoms with E-state index in [4.69, 9.17) is 4.74 Å². The van der Waals surface area contributed by atoms with E-state index in [1.807, 2.05) is 32.0 Å². The molecule has 2 rings (SSSR count). The molecule has 0 radical (unpaired) electrons. The van der Waals surface area contributed by atoms with E-state index in [-0.39, 0.29) is 18.4 Å². The van der Waals surface area contributed by atoms with Crippen LogP contribution in [0.4, 0.5) is 5.69 Å². The molecular weight excluding hydrogens is 292 g/mol. The van der Waals surface area contributed by atoms with Crippen molar-refractivity contribution >= 4 is 17.5 Å². The van der Waals surface area contributed by atoms with Crippen molar-refractivity contribution in [2.45, 2.75) is 13.8 Å². The molecule has 2 aromatic carbocycles. The van der Waals surface area contributed by atoms with Crippen LogP contribution in [0, 0.1) is 13.8 Å². The number of amides is 2. The highest BCUT2D eigenvalue weighted by Gasteiger charge is 2.10. The van der Waals surface area contributed by atoms with Gasteiger partial charge in [-0.2, -0.15) is 0 Å². The SMILES string of the molecule is COc1cccc(C(=O)NCC(=O)Nc2cc(C)ccc2C)c1. The van der Waals surface area contributed by atoms with Crippen molar-refractivity contribution < 1.29 is 14.3 Å². The van der Waals surface area contributed by atoms with Crippen molar-refractivity contribution in [3.63, 3.8) is 0 Å². The minimum absolute atomic E-state index is 0.0938. The number of methoxy groups -OCH3 is 1. The summed E-state index contributed by atoms with van der Waals surface area (Å²) in [6.45, 7) is 3.78. The lowest BCUT2D eigenvalue weighted by Crippen LogP contribution is -2.33. The Bertz CT molecular complexity index is 726. The van der Waals surface area contributed by atoms with Gasteiger partial charge in [-0.25, -0.2) is 0 Å². The second-order valence-electron chi connectivity index (χ2n) is 5.28. The average molecular weight is 312 g/mol. The van der Waals surface area contributed by atoms with E-state index in [0.717, 1.165) is 16.8 Å². The van der Waals surface area contributed by atoms with Gasteiger partial charge in [-0.15, -0.1) is 0 Å². The van der Waals surface area contributed by atoms with Crippen LogP contribution in [-0.2, 0) is 4.79 Å². The first kappa shape index (κ1) is 16.5. The monoisotopic (exact) mass is 312 g/mol. The Labute approximate surface area is 135 Å². The Morgan fingerprint density at radius 3 is 2.61 bits per heavy atom. The van der Waals surface area contributed by atoms with E-state index < -0.39 is 0 Å². The number of aryl methyl sites for hydroxylation is 2. The van der Waals surface area contributed by atoms with Gasteiger partial charge in [-0.05, 0) is 49.2 Å². The summed E-state index contributed by atoms with van der Waals surface area (Å²) in [5, 5.41) is 5.40. The first-order valence-electron chi connectivity index (χ1n) is 7.29. The molecule has 0 aliphatic heterocycles. The number of ether oxygens (including phenoxy) is 1. The lowest BCUT2D eigenvalue weighted by molar-refractivity contribution is -0.115. The normalized spacial score (nSPS) is 10.0. The first-order valence-corrected chi connectivity index (χ1v) is 7.29. The number of benzene rings is 2. The van der Waals surface area contributed by atoms with Gasteiger partial charge in [-0.3, -0.25) is 9.59 Å². The Balaban J connectivity index is 1.93. The third-order valence-corrected chi connectivity index (χ3v) is 3.41. The summed E-state index contributed by atoms with van der Waals surface area (Å²) >= 11 is 0. The number of anilines is 1. The number of carbonyl (C=O) groups excluding carboxylic acids is 2. The Morgan fingerprint density at radius 2 is 1.87 bits per heavy atom. The highest BCUT2D eigenvalue weighted by molar-refractivity contribution is 5.99. The predicted molar refractivity (Wildman–Crippen MR) is 89.9 cm³/mol. The average Bonchev–Trinajstić information content (AvgIpc) is 2.56. The molecule has 23 heavy (non-hydrogen) atoms. The predicted octanol–water partition coefficient (Wildman–Crippen LogP) is 2.68. The zero-order chi connectivity index (χ0) is 16.8. The van der Waals surface area contributed by atoms with Crippen LogP contribution in [0.25, 0.3) is 0 Å². The summed E-state index contributed by atoms with van der Waals surface area (Å²) < 4.78 is 5.07. The molecule has 0 unspecified atom stereocenters. The van der Waals surface area contributed by atoms with Gasteiger partial charge in [0.25, 0.3) is 5.91 Å². The topological polar surface area (TPSA) is 67.4 Å². The smallest absolute Gasteiger partial charge is 0.251 e. The van der Waals surface area contributed by atoms with Crippen molar-refractivity contribution in [1.82, 2.24) is 5.32 Å². The van der Waals surface area contributed by atoms with Crippen LogP contribution in [0.5, 0.6) is 5.75 Å². The maximum absolute atomic E-state index is 12.0. The van der Waals surface area contributed by atoms with E-state index in [1.54, 1.807) is 24.3 Å². The molecule has 0 aliphatic carbocycles. The van der Waals surface area contributed by atoms with Gasteiger partial charge in [0.1, 0.15) is 5.75 Å². The van der Waals surface area contributed by atoms with Crippen LogP contribution in [0.3, 0.4) is 0 Å². The second kappa shape index (κ2) is 7.45. The van der Waals surface area contributed by atoms with Crippen molar-refractivity contribution in [3.05, 3.63) is 59.2 Å². The van der Waals surface area contributed by atoms with Crippen molar-refractivity contribution in [3.8, 4) is 5.75 Å². The standard InChI is InChI=1S/C18H20N2O3/c1-12-7-8-13(2)16(9-12)20-17(21)11-19-18(22)14-5-4-6-15(10-14)23-3/h4-10H,11H2,1-3H3,(H,19,22)(H,20,21). The summed E-state index contributed by atoms with van der Waals surface area (Å²) in [6.07, 6.45) is 0. The molecule has 0 heterocycles. The molecule has 0 fully saturated rings. The quantitative estimate of drug-likeness (QED) is 0.892. The molecule has 0 saturated carbocycles. The van der Waals surface area contributed by atoms with Gasteiger partial charge in [0, 0.05) is 11.3 Å². The molecule has 0 atom stereocenters. The number of hydrogen-bond acceptors (Lipinski definition) is 3. The maximum Gasteiger partial charge on any atom is 0.251 e. The Morgan fingerprint density at radius 1 is 1.09 bits per heavy atom. The van der Waals surface area contributed by atoms with Crippen molar-refractivity contribution in [2.75, 3.05) is 19.0 Å². The van der Waals surface area contributed by atoms with Gasteiger partial charge in [0.2, 0.25) is 5.91 Å². The zero-order valence-corrected chi connectivity index (χ0v) is 13.5. The van der Waals surface area contributed by atoms with Crippen LogP contribution >= 0.6 is 0 Å². The van der Waals surface area contributed by atoms with Crippen molar-refractivity contribution in [1.29, 1.82) is 0 Å². The fraction of sp³-hybridized carbons (Fsp3) is 0.222. The highest BCUT2D eigenvalue weighted by Crippen LogP contribution is 2.16. The van der Waals surface area contributed by atoms with Gasteiger partial charge in [-0.1, -0.05) is 18.2 Å². The fourth-order valence-corrected chi connectivity index (χ4v) is 2.09. The van der Waals surface area contributed by atoms with Crippen LogP contribution < -0.4 is 15.4 Å². The molecule has 2 amide bonds. The van der Waals surface area contributed by atoms with Crippen LogP contribution in [0.2, 0.25) is 0 Å². The largest absolute Gasteiger partial charge is 0.497 e. The number of rotatable bonds is 5. The third kappa shape index (κ3) is 4.57. The molecule has 5 heteroatoms. The Hall–Kier alpha value is -2.82. The minimum Gasteiger partial charge on any atom is -0.497 e. The molecular formula is C18H20N2O3. The van der Waals surface area contributed by atoms with Gasteiger partial charge < -0.3 is 15.4 Å². The molecule has 0 spiro atoms. The highest BCUT2D eigenvalue weighted by atomic mass is 16.5. The maximum atomic E-state index is 12.0. The first-order chi connectivity index (χ1) is 11.0. The van der Waals surface area contributed by atoms with Gasteiger partial charge in [0.15, 0.2) is 0 Å². The van der Waals surface area contributed by atoms with Crippen LogP contribution in [0.15, 0.2) is 42.5 Å². The minimum atomic E-state index is -0.319. The molecule has 2 aromatic rings. The lowest BCUT2D eigenvalue weighted by atomic mass is 10.1. The van der Waals surface area contributed by atoms with E-state index in [2.05, 4.69) is 10.6 Å². The number of nitrogens with one attached hydrogen (secondary N) is 2. The van der Waals surface area contributed by atoms with Gasteiger partial charge >= 0.3 is 0 Å². The molecule has 0 saturated heterocycles. The molecule has 5 nitrogen and oxygen atoms in total. The van der Waals surface area contributed by atoms with E-state index in [1.165, 1.54) is 7.11 Å². The van der Waals surface area contributed by atoms with E-state index in [0.29, 0.717) is 11.3 Å².